The summed E-state index contributed by atoms with van der Waals surface area (Å²) >= 11 is 0. The molecule has 0 spiro atoms. The van der Waals surface area contributed by atoms with Crippen LogP contribution in [0, 0.1) is 6.92 Å². The SMILES string of the molecule is COc1ccc(CNC(=O)N2CCCC(n3c(C)cnc3-c3cccnc3)C2)cc1. The fourth-order valence-electron chi connectivity index (χ4n) is 4.00. The van der Waals surface area contributed by atoms with Gasteiger partial charge in [0.2, 0.25) is 0 Å². The molecule has 1 aromatic carbocycles. The maximum Gasteiger partial charge on any atom is 0.317 e. The first-order chi connectivity index (χ1) is 14.7. The molecular weight excluding hydrogens is 378 g/mol. The largest absolute Gasteiger partial charge is 0.497 e. The lowest BCUT2D eigenvalue weighted by atomic mass is 10.0. The number of carbonyl (C=O) groups excluding carboxylic acids is 1. The number of hydrogen-bond donors (Lipinski definition) is 1. The molecule has 1 saturated heterocycles. The Bertz CT molecular complexity index is 985. The Morgan fingerprint density at radius 2 is 2.07 bits per heavy atom. The lowest BCUT2D eigenvalue weighted by Crippen LogP contribution is -2.45. The molecule has 1 aliphatic heterocycles. The van der Waals surface area contributed by atoms with Crippen LogP contribution in [0.25, 0.3) is 11.4 Å². The van der Waals surface area contributed by atoms with E-state index in [1.807, 2.05) is 53.7 Å². The standard InChI is InChI=1S/C23H27N5O2/c1-17-13-25-22(19-5-3-11-24-15-19)28(17)20-6-4-12-27(16-20)23(29)26-14-18-7-9-21(30-2)10-8-18/h3,5,7-11,13,15,20H,4,6,12,14,16H2,1-2H3,(H,26,29). The van der Waals surface area contributed by atoms with Gasteiger partial charge in [-0.25, -0.2) is 9.78 Å². The van der Waals surface area contributed by atoms with Crippen LogP contribution in [0.15, 0.2) is 55.0 Å². The maximum absolute atomic E-state index is 12.8. The molecule has 0 saturated carbocycles. The molecule has 156 valence electrons. The summed E-state index contributed by atoms with van der Waals surface area (Å²) in [7, 11) is 1.64. The van der Waals surface area contributed by atoms with E-state index in [0.29, 0.717) is 13.1 Å². The van der Waals surface area contributed by atoms with Gasteiger partial charge in [-0.05, 0) is 49.6 Å². The molecule has 7 heteroatoms. The van der Waals surface area contributed by atoms with Crippen molar-refractivity contribution in [2.45, 2.75) is 32.4 Å². The second-order valence-electron chi connectivity index (χ2n) is 7.58. The number of hydrogen-bond acceptors (Lipinski definition) is 4. The number of pyridine rings is 1. The third kappa shape index (κ3) is 4.30. The van der Waals surface area contributed by atoms with Gasteiger partial charge in [-0.1, -0.05) is 12.1 Å². The molecule has 1 fully saturated rings. The predicted molar refractivity (Wildman–Crippen MR) is 115 cm³/mol. The smallest absolute Gasteiger partial charge is 0.317 e. The number of rotatable bonds is 5. The van der Waals surface area contributed by atoms with Gasteiger partial charge in [0.05, 0.1) is 13.2 Å². The average Bonchev–Trinajstić information content (AvgIpc) is 3.20. The number of piperidine rings is 1. The highest BCUT2D eigenvalue weighted by Crippen LogP contribution is 2.29. The second kappa shape index (κ2) is 8.98. The molecule has 1 atom stereocenters. The molecule has 1 aliphatic rings. The molecule has 3 aromatic rings. The summed E-state index contributed by atoms with van der Waals surface area (Å²) in [4.78, 5) is 23.6. The number of carbonyl (C=O) groups is 1. The normalized spacial score (nSPS) is 16.3. The lowest BCUT2D eigenvalue weighted by Gasteiger charge is -2.34. The fraction of sp³-hybridized carbons (Fsp3) is 0.348. The van der Waals surface area contributed by atoms with Crippen molar-refractivity contribution in [1.82, 2.24) is 24.8 Å². The zero-order valence-electron chi connectivity index (χ0n) is 17.4. The number of amides is 2. The zero-order valence-corrected chi connectivity index (χ0v) is 17.4. The second-order valence-corrected chi connectivity index (χ2v) is 7.58. The van der Waals surface area contributed by atoms with Gasteiger partial charge in [-0.15, -0.1) is 0 Å². The number of benzene rings is 1. The van der Waals surface area contributed by atoms with Crippen LogP contribution in [0.3, 0.4) is 0 Å². The van der Waals surface area contributed by atoms with Crippen molar-refractivity contribution in [2.75, 3.05) is 20.2 Å². The lowest BCUT2D eigenvalue weighted by molar-refractivity contribution is 0.166. The van der Waals surface area contributed by atoms with E-state index in [-0.39, 0.29) is 12.1 Å². The molecule has 30 heavy (non-hydrogen) atoms. The Balaban J connectivity index is 1.43. The van der Waals surface area contributed by atoms with E-state index in [9.17, 15) is 4.79 Å². The monoisotopic (exact) mass is 405 g/mol. The predicted octanol–water partition coefficient (Wildman–Crippen LogP) is 3.81. The maximum atomic E-state index is 12.8. The van der Waals surface area contributed by atoms with Gasteiger partial charge in [0, 0.05) is 49.5 Å². The van der Waals surface area contributed by atoms with Gasteiger partial charge in [0.15, 0.2) is 0 Å². The summed E-state index contributed by atoms with van der Waals surface area (Å²) in [6.07, 6.45) is 7.47. The summed E-state index contributed by atoms with van der Waals surface area (Å²) in [5, 5.41) is 3.04. The van der Waals surface area contributed by atoms with Crippen LogP contribution >= 0.6 is 0 Å². The number of aryl methyl sites for hydroxylation is 1. The number of likely N-dealkylation sites (tertiary alicyclic amines) is 1. The van der Waals surface area contributed by atoms with Crippen molar-refractivity contribution in [3.05, 3.63) is 66.2 Å². The first-order valence-electron chi connectivity index (χ1n) is 10.3. The Labute approximate surface area is 176 Å². The molecule has 0 radical (unpaired) electrons. The molecule has 7 nitrogen and oxygen atoms in total. The Morgan fingerprint density at radius 1 is 1.23 bits per heavy atom. The number of nitrogens with zero attached hydrogens (tertiary/aromatic N) is 4. The molecular formula is C23H27N5O2. The van der Waals surface area contributed by atoms with Gasteiger partial charge >= 0.3 is 6.03 Å². The van der Waals surface area contributed by atoms with Gasteiger partial charge in [-0.3, -0.25) is 4.98 Å². The number of urea groups is 1. The number of methoxy groups -OCH3 is 1. The van der Waals surface area contributed by atoms with Crippen LogP contribution in [-0.4, -0.2) is 45.7 Å². The summed E-state index contributed by atoms with van der Waals surface area (Å²) in [6, 6.07) is 11.8. The van der Waals surface area contributed by atoms with Gasteiger partial charge in [-0.2, -0.15) is 0 Å². The van der Waals surface area contributed by atoms with E-state index in [2.05, 4.69) is 26.8 Å². The summed E-state index contributed by atoms with van der Waals surface area (Å²) in [6.45, 7) is 3.99. The van der Waals surface area contributed by atoms with Gasteiger partial charge in [0.25, 0.3) is 0 Å². The topological polar surface area (TPSA) is 72.3 Å². The van der Waals surface area contributed by atoms with Crippen molar-refractivity contribution in [3.63, 3.8) is 0 Å². The van der Waals surface area contributed by atoms with Crippen LogP contribution in [0.4, 0.5) is 4.79 Å². The van der Waals surface area contributed by atoms with Crippen LogP contribution in [0.5, 0.6) is 5.75 Å². The van der Waals surface area contributed by atoms with E-state index < -0.39 is 0 Å². The van der Waals surface area contributed by atoms with Crippen molar-refractivity contribution in [2.24, 2.45) is 0 Å². The Morgan fingerprint density at radius 3 is 2.80 bits per heavy atom. The van der Waals surface area contributed by atoms with E-state index in [1.54, 1.807) is 13.3 Å². The van der Waals surface area contributed by atoms with E-state index in [4.69, 9.17) is 4.74 Å². The van der Waals surface area contributed by atoms with E-state index in [0.717, 1.165) is 47.8 Å². The third-order valence-corrected chi connectivity index (χ3v) is 5.55. The summed E-state index contributed by atoms with van der Waals surface area (Å²) < 4.78 is 7.43. The first-order valence-corrected chi connectivity index (χ1v) is 10.3. The fourth-order valence-corrected chi connectivity index (χ4v) is 4.00. The quantitative estimate of drug-likeness (QED) is 0.701. The highest BCUT2D eigenvalue weighted by atomic mass is 16.5. The van der Waals surface area contributed by atoms with E-state index >= 15 is 0 Å². The number of aromatic nitrogens is 3. The molecule has 0 bridgehead atoms. The molecule has 2 amide bonds. The van der Waals surface area contributed by atoms with Crippen LogP contribution in [0.1, 0.15) is 30.1 Å². The Kier molecular flexibility index (Phi) is 5.97. The minimum absolute atomic E-state index is 0.0313. The number of nitrogens with one attached hydrogen (secondary N) is 1. The molecule has 4 rings (SSSR count). The highest BCUT2D eigenvalue weighted by molar-refractivity contribution is 5.74. The molecule has 2 aromatic heterocycles. The summed E-state index contributed by atoms with van der Waals surface area (Å²) in [5.74, 6) is 1.72. The summed E-state index contributed by atoms with van der Waals surface area (Å²) in [5.41, 5.74) is 3.13. The number of imidazole rings is 1. The molecule has 1 N–H and O–H groups in total. The van der Waals surface area contributed by atoms with E-state index in [1.165, 1.54) is 0 Å². The number of ether oxygens (including phenoxy) is 1. The van der Waals surface area contributed by atoms with Crippen molar-refractivity contribution < 1.29 is 9.53 Å². The molecule has 1 unspecified atom stereocenters. The van der Waals surface area contributed by atoms with Crippen LogP contribution in [0.2, 0.25) is 0 Å². The van der Waals surface area contributed by atoms with Crippen LogP contribution < -0.4 is 10.1 Å². The van der Waals surface area contributed by atoms with Crippen molar-refractivity contribution >= 4 is 6.03 Å². The van der Waals surface area contributed by atoms with Gasteiger partial charge < -0.3 is 19.5 Å². The first kappa shape index (κ1) is 19.9. The zero-order chi connectivity index (χ0) is 20.9. The molecule has 0 aliphatic carbocycles. The van der Waals surface area contributed by atoms with Crippen molar-refractivity contribution in [1.29, 1.82) is 0 Å². The third-order valence-electron chi connectivity index (χ3n) is 5.55. The minimum atomic E-state index is -0.0313. The minimum Gasteiger partial charge on any atom is -0.497 e. The van der Waals surface area contributed by atoms with Gasteiger partial charge in [0.1, 0.15) is 11.6 Å². The van der Waals surface area contributed by atoms with Crippen LogP contribution in [-0.2, 0) is 6.54 Å². The Hall–Kier alpha value is -3.35. The van der Waals surface area contributed by atoms with Crippen molar-refractivity contribution in [3.8, 4) is 17.1 Å². The average molecular weight is 406 g/mol. The highest BCUT2D eigenvalue weighted by Gasteiger charge is 2.27. The molecule has 3 heterocycles.